The molecule has 0 saturated carbocycles. The van der Waals surface area contributed by atoms with Gasteiger partial charge in [-0.05, 0) is 38.6 Å². The molecule has 0 radical (unpaired) electrons. The minimum atomic E-state index is 0.715. The van der Waals surface area contributed by atoms with Gasteiger partial charge in [0.25, 0.3) is 0 Å². The quantitative estimate of drug-likeness (QED) is 0.857. The largest absolute Gasteiger partial charge is 0.295 e. The molecular formula is C15H17N3S. The summed E-state index contributed by atoms with van der Waals surface area (Å²) in [5.74, 6) is 0. The molecule has 0 bridgehead atoms. The number of benzene rings is 1. The van der Waals surface area contributed by atoms with Crippen LogP contribution in [-0.2, 0) is 13.1 Å². The first-order valence-corrected chi connectivity index (χ1v) is 7.00. The van der Waals surface area contributed by atoms with E-state index in [2.05, 4.69) is 36.0 Å². The highest BCUT2D eigenvalue weighted by Gasteiger charge is 2.07. The number of nitrogens with zero attached hydrogens (tertiary/aromatic N) is 3. The van der Waals surface area contributed by atoms with Gasteiger partial charge < -0.3 is 0 Å². The monoisotopic (exact) mass is 271 g/mol. The molecule has 0 spiro atoms. The molecule has 1 aromatic carbocycles. The average Bonchev–Trinajstić information content (AvgIpc) is 2.68. The smallest absolute Gasteiger partial charge is 0.107 e. The molecule has 4 heteroatoms. The van der Waals surface area contributed by atoms with E-state index in [0.717, 1.165) is 29.4 Å². The number of nitriles is 1. The number of aromatic nitrogens is 1. The minimum absolute atomic E-state index is 0.715. The molecule has 0 atom stereocenters. The second-order valence-electron chi connectivity index (χ2n) is 4.73. The summed E-state index contributed by atoms with van der Waals surface area (Å²) in [5, 5.41) is 10.0. The molecule has 1 heterocycles. The van der Waals surface area contributed by atoms with Gasteiger partial charge in [0.1, 0.15) is 5.01 Å². The molecule has 0 aliphatic heterocycles. The van der Waals surface area contributed by atoms with E-state index in [1.165, 1.54) is 4.88 Å². The lowest BCUT2D eigenvalue weighted by Gasteiger charge is -2.15. The van der Waals surface area contributed by atoms with Crippen molar-refractivity contribution in [2.75, 3.05) is 7.05 Å². The summed E-state index contributed by atoms with van der Waals surface area (Å²) in [6.45, 7) is 5.82. The third kappa shape index (κ3) is 3.63. The Morgan fingerprint density at radius 2 is 2.11 bits per heavy atom. The number of hydrogen-bond acceptors (Lipinski definition) is 4. The van der Waals surface area contributed by atoms with Crippen LogP contribution in [0.4, 0.5) is 0 Å². The Morgan fingerprint density at radius 1 is 1.32 bits per heavy atom. The number of hydrogen-bond donors (Lipinski definition) is 0. The SMILES string of the molecule is Cc1nc(CN(C)Cc2cccc(C#N)c2)sc1C. The van der Waals surface area contributed by atoms with Gasteiger partial charge in [0.15, 0.2) is 0 Å². The summed E-state index contributed by atoms with van der Waals surface area (Å²) in [5.41, 5.74) is 3.00. The van der Waals surface area contributed by atoms with Crippen molar-refractivity contribution < 1.29 is 0 Å². The van der Waals surface area contributed by atoms with Crippen molar-refractivity contribution in [2.45, 2.75) is 26.9 Å². The molecule has 0 N–H and O–H groups in total. The van der Waals surface area contributed by atoms with Crippen LogP contribution in [0, 0.1) is 25.2 Å². The van der Waals surface area contributed by atoms with Gasteiger partial charge in [0, 0.05) is 11.4 Å². The Kier molecular flexibility index (Phi) is 4.31. The summed E-state index contributed by atoms with van der Waals surface area (Å²) in [6, 6.07) is 9.92. The van der Waals surface area contributed by atoms with Crippen molar-refractivity contribution in [3.8, 4) is 6.07 Å². The van der Waals surface area contributed by atoms with Crippen molar-refractivity contribution in [1.29, 1.82) is 5.26 Å². The van der Waals surface area contributed by atoms with Crippen LogP contribution < -0.4 is 0 Å². The second-order valence-corrected chi connectivity index (χ2v) is 6.02. The summed E-state index contributed by atoms with van der Waals surface area (Å²) >= 11 is 1.76. The minimum Gasteiger partial charge on any atom is -0.295 e. The molecule has 0 amide bonds. The molecule has 0 saturated heterocycles. The lowest BCUT2D eigenvalue weighted by atomic mass is 10.1. The lowest BCUT2D eigenvalue weighted by Crippen LogP contribution is -2.17. The zero-order valence-corrected chi connectivity index (χ0v) is 12.3. The van der Waals surface area contributed by atoms with Gasteiger partial charge in [-0.15, -0.1) is 11.3 Å². The van der Waals surface area contributed by atoms with Crippen LogP contribution in [0.25, 0.3) is 0 Å². The molecule has 1 aromatic heterocycles. The predicted octanol–water partition coefficient (Wildman–Crippen LogP) is 3.26. The fourth-order valence-corrected chi connectivity index (χ4v) is 2.96. The van der Waals surface area contributed by atoms with Crippen LogP contribution in [0.1, 0.15) is 26.7 Å². The highest BCUT2D eigenvalue weighted by Crippen LogP contribution is 2.18. The molecule has 3 nitrogen and oxygen atoms in total. The van der Waals surface area contributed by atoms with Crippen molar-refractivity contribution in [1.82, 2.24) is 9.88 Å². The molecule has 2 rings (SSSR count). The molecule has 0 aliphatic carbocycles. The van der Waals surface area contributed by atoms with Gasteiger partial charge in [-0.25, -0.2) is 4.98 Å². The van der Waals surface area contributed by atoms with Crippen LogP contribution in [-0.4, -0.2) is 16.9 Å². The van der Waals surface area contributed by atoms with Gasteiger partial charge in [0.2, 0.25) is 0 Å². The summed E-state index contributed by atoms with van der Waals surface area (Å²) in [6.07, 6.45) is 0. The zero-order chi connectivity index (χ0) is 13.8. The lowest BCUT2D eigenvalue weighted by molar-refractivity contribution is 0.318. The third-order valence-electron chi connectivity index (χ3n) is 2.99. The van der Waals surface area contributed by atoms with Crippen LogP contribution in [0.5, 0.6) is 0 Å². The Morgan fingerprint density at radius 3 is 2.74 bits per heavy atom. The van der Waals surface area contributed by atoms with Crippen LogP contribution in [0.2, 0.25) is 0 Å². The van der Waals surface area contributed by atoms with Gasteiger partial charge in [-0.2, -0.15) is 5.26 Å². The Hall–Kier alpha value is -1.70. The highest BCUT2D eigenvalue weighted by atomic mass is 32.1. The van der Waals surface area contributed by atoms with E-state index in [-0.39, 0.29) is 0 Å². The molecular weight excluding hydrogens is 254 g/mol. The molecule has 19 heavy (non-hydrogen) atoms. The van der Waals surface area contributed by atoms with E-state index in [9.17, 15) is 0 Å². The van der Waals surface area contributed by atoms with Gasteiger partial charge >= 0.3 is 0 Å². The molecule has 98 valence electrons. The summed E-state index contributed by atoms with van der Waals surface area (Å²) in [7, 11) is 2.07. The zero-order valence-electron chi connectivity index (χ0n) is 11.5. The molecule has 0 aliphatic rings. The van der Waals surface area contributed by atoms with Gasteiger partial charge in [-0.1, -0.05) is 12.1 Å². The number of thiazole rings is 1. The predicted molar refractivity (Wildman–Crippen MR) is 77.9 cm³/mol. The van der Waals surface area contributed by atoms with Crippen molar-refractivity contribution in [3.63, 3.8) is 0 Å². The first-order chi connectivity index (χ1) is 9.08. The number of rotatable bonds is 4. The van der Waals surface area contributed by atoms with Crippen LogP contribution in [0.3, 0.4) is 0 Å². The van der Waals surface area contributed by atoms with Gasteiger partial charge in [-0.3, -0.25) is 4.90 Å². The second kappa shape index (κ2) is 5.96. The Labute approximate surface area is 118 Å². The molecule has 0 fully saturated rings. The van der Waals surface area contributed by atoms with Crippen molar-refractivity contribution in [2.24, 2.45) is 0 Å². The normalized spacial score (nSPS) is 10.7. The van der Waals surface area contributed by atoms with E-state index >= 15 is 0 Å². The first-order valence-electron chi connectivity index (χ1n) is 6.19. The Bertz CT molecular complexity index is 591. The van der Waals surface area contributed by atoms with Crippen LogP contribution >= 0.6 is 11.3 Å². The maximum atomic E-state index is 8.89. The number of aryl methyl sites for hydroxylation is 2. The highest BCUT2D eigenvalue weighted by molar-refractivity contribution is 7.11. The average molecular weight is 271 g/mol. The maximum absolute atomic E-state index is 8.89. The molecule has 0 unspecified atom stereocenters. The molecule has 2 aromatic rings. The van der Waals surface area contributed by atoms with E-state index < -0.39 is 0 Å². The van der Waals surface area contributed by atoms with E-state index in [1.54, 1.807) is 11.3 Å². The van der Waals surface area contributed by atoms with Gasteiger partial charge in [0.05, 0.1) is 23.9 Å². The van der Waals surface area contributed by atoms with E-state index in [4.69, 9.17) is 5.26 Å². The van der Waals surface area contributed by atoms with E-state index in [1.807, 2.05) is 25.1 Å². The Balaban J connectivity index is 2.01. The standard InChI is InChI=1S/C15H17N3S/c1-11-12(2)19-15(17-11)10-18(3)9-14-6-4-5-13(7-14)8-16/h4-7H,9-10H2,1-3H3. The maximum Gasteiger partial charge on any atom is 0.107 e. The third-order valence-corrected chi connectivity index (χ3v) is 4.04. The fourth-order valence-electron chi connectivity index (χ4n) is 1.94. The summed E-state index contributed by atoms with van der Waals surface area (Å²) in [4.78, 5) is 8.05. The van der Waals surface area contributed by atoms with Crippen molar-refractivity contribution in [3.05, 3.63) is 51.0 Å². The topological polar surface area (TPSA) is 39.9 Å². The first kappa shape index (κ1) is 13.7. The fraction of sp³-hybridized carbons (Fsp3) is 0.333. The van der Waals surface area contributed by atoms with Crippen molar-refractivity contribution >= 4 is 11.3 Å². The van der Waals surface area contributed by atoms with Crippen LogP contribution in [0.15, 0.2) is 24.3 Å². The summed E-state index contributed by atoms with van der Waals surface area (Å²) < 4.78 is 0. The van der Waals surface area contributed by atoms with E-state index in [0.29, 0.717) is 5.56 Å².